The fraction of sp³-hybridized carbons (Fsp3) is 0.182. The van der Waals surface area contributed by atoms with Crippen LogP contribution >= 0.6 is 12.2 Å². The van der Waals surface area contributed by atoms with Crippen LogP contribution in [-0.2, 0) is 6.54 Å². The predicted molar refractivity (Wildman–Crippen MR) is 67.9 cm³/mol. The predicted octanol–water partition coefficient (Wildman–Crippen LogP) is 1.51. The first-order chi connectivity index (χ1) is 7.13. The monoisotopic (exact) mass is 221 g/mol. The fourth-order valence-electron chi connectivity index (χ4n) is 1.07. The van der Waals surface area contributed by atoms with Crippen molar-refractivity contribution in [1.82, 2.24) is 10.3 Å². The Labute approximate surface area is 95.5 Å². The van der Waals surface area contributed by atoms with Crippen LogP contribution < -0.4 is 11.2 Å². The summed E-state index contributed by atoms with van der Waals surface area (Å²) < 4.78 is 0. The van der Waals surface area contributed by atoms with Gasteiger partial charge in [0.05, 0.1) is 0 Å². The maximum absolute atomic E-state index is 5.46. The standard InChI is InChI=1S/C11H15N3S/c1-3-9-4-6-10(7-5-9)8-13-11(15)14(2)12/h3-7H,1,8,12H2,2H3,(H,13,15). The van der Waals surface area contributed by atoms with Crippen molar-refractivity contribution in [2.45, 2.75) is 6.54 Å². The quantitative estimate of drug-likeness (QED) is 0.461. The van der Waals surface area contributed by atoms with Crippen LogP contribution in [0.1, 0.15) is 11.1 Å². The highest BCUT2D eigenvalue weighted by molar-refractivity contribution is 7.80. The number of nitrogens with one attached hydrogen (secondary N) is 1. The summed E-state index contributed by atoms with van der Waals surface area (Å²) in [4.78, 5) is 0. The molecule has 1 aromatic rings. The average Bonchev–Trinajstić information content (AvgIpc) is 2.26. The molecule has 0 amide bonds. The molecule has 0 aliphatic rings. The first kappa shape index (κ1) is 11.7. The van der Waals surface area contributed by atoms with Gasteiger partial charge in [-0.2, -0.15) is 0 Å². The van der Waals surface area contributed by atoms with E-state index in [0.29, 0.717) is 11.7 Å². The first-order valence-electron chi connectivity index (χ1n) is 4.61. The van der Waals surface area contributed by atoms with Crippen molar-refractivity contribution in [2.24, 2.45) is 5.84 Å². The summed E-state index contributed by atoms with van der Waals surface area (Å²) in [5.41, 5.74) is 2.27. The lowest BCUT2D eigenvalue weighted by molar-refractivity contribution is 0.524. The summed E-state index contributed by atoms with van der Waals surface area (Å²) in [5, 5.41) is 4.96. The van der Waals surface area contributed by atoms with E-state index in [1.54, 1.807) is 7.05 Å². The Hall–Kier alpha value is -1.39. The zero-order valence-electron chi connectivity index (χ0n) is 8.73. The Kier molecular flexibility index (Phi) is 4.27. The van der Waals surface area contributed by atoms with Gasteiger partial charge in [-0.15, -0.1) is 0 Å². The van der Waals surface area contributed by atoms with Crippen LogP contribution in [0.3, 0.4) is 0 Å². The number of hydrazine groups is 1. The normalized spacial score (nSPS) is 9.47. The number of benzene rings is 1. The summed E-state index contributed by atoms with van der Waals surface area (Å²) in [6.45, 7) is 4.38. The molecule has 0 spiro atoms. The number of hydrogen-bond acceptors (Lipinski definition) is 2. The lowest BCUT2D eigenvalue weighted by Crippen LogP contribution is -2.40. The highest BCUT2D eigenvalue weighted by Gasteiger charge is 1.98. The summed E-state index contributed by atoms with van der Waals surface area (Å²) >= 11 is 5.00. The Morgan fingerprint density at radius 1 is 1.53 bits per heavy atom. The molecule has 0 unspecified atom stereocenters. The van der Waals surface area contributed by atoms with Crippen LogP contribution in [0.5, 0.6) is 0 Å². The molecule has 0 aromatic heterocycles. The first-order valence-corrected chi connectivity index (χ1v) is 5.02. The zero-order chi connectivity index (χ0) is 11.3. The van der Waals surface area contributed by atoms with Crippen molar-refractivity contribution < 1.29 is 0 Å². The van der Waals surface area contributed by atoms with E-state index in [4.69, 9.17) is 18.1 Å². The van der Waals surface area contributed by atoms with Gasteiger partial charge in [0.15, 0.2) is 5.11 Å². The third kappa shape index (κ3) is 3.69. The topological polar surface area (TPSA) is 41.3 Å². The molecule has 80 valence electrons. The summed E-state index contributed by atoms with van der Waals surface area (Å²) in [6, 6.07) is 8.09. The molecule has 0 bridgehead atoms. The van der Waals surface area contributed by atoms with Gasteiger partial charge in [-0.1, -0.05) is 36.9 Å². The van der Waals surface area contributed by atoms with Gasteiger partial charge in [-0.25, -0.2) is 5.84 Å². The van der Waals surface area contributed by atoms with E-state index in [1.807, 2.05) is 30.3 Å². The SMILES string of the molecule is C=Cc1ccc(CNC(=S)N(C)N)cc1. The second-order valence-corrected chi connectivity index (χ2v) is 3.60. The summed E-state index contributed by atoms with van der Waals surface area (Å²) in [5.74, 6) is 5.46. The van der Waals surface area contributed by atoms with Gasteiger partial charge in [-0.3, -0.25) is 5.01 Å². The van der Waals surface area contributed by atoms with Gasteiger partial charge in [0.1, 0.15) is 0 Å². The van der Waals surface area contributed by atoms with E-state index in [2.05, 4.69) is 11.9 Å². The maximum atomic E-state index is 5.46. The van der Waals surface area contributed by atoms with E-state index >= 15 is 0 Å². The van der Waals surface area contributed by atoms with E-state index in [1.165, 1.54) is 5.01 Å². The summed E-state index contributed by atoms with van der Waals surface area (Å²) in [7, 11) is 1.70. The van der Waals surface area contributed by atoms with Crippen LogP contribution in [0.15, 0.2) is 30.8 Å². The van der Waals surface area contributed by atoms with E-state index < -0.39 is 0 Å². The van der Waals surface area contributed by atoms with Crippen molar-refractivity contribution in [1.29, 1.82) is 0 Å². The third-order valence-electron chi connectivity index (χ3n) is 1.98. The lowest BCUT2D eigenvalue weighted by atomic mass is 10.1. The molecule has 1 aromatic carbocycles. The number of nitrogens with two attached hydrogens (primary N) is 1. The van der Waals surface area contributed by atoms with E-state index in [0.717, 1.165) is 11.1 Å². The molecule has 0 fully saturated rings. The maximum Gasteiger partial charge on any atom is 0.183 e. The van der Waals surface area contributed by atoms with Crippen LogP contribution in [0, 0.1) is 0 Å². The van der Waals surface area contributed by atoms with Crippen LogP contribution in [-0.4, -0.2) is 17.2 Å². The van der Waals surface area contributed by atoms with Gasteiger partial charge in [-0.05, 0) is 23.3 Å². The molecule has 0 saturated heterocycles. The summed E-state index contributed by atoms with van der Waals surface area (Å²) in [6.07, 6.45) is 1.81. The molecule has 1 rings (SSSR count). The molecule has 3 nitrogen and oxygen atoms in total. The molecule has 0 aliphatic carbocycles. The van der Waals surface area contributed by atoms with Crippen molar-refractivity contribution in [2.75, 3.05) is 7.05 Å². The van der Waals surface area contributed by atoms with Gasteiger partial charge < -0.3 is 5.32 Å². The van der Waals surface area contributed by atoms with Crippen molar-refractivity contribution in [3.8, 4) is 0 Å². The Morgan fingerprint density at radius 3 is 2.60 bits per heavy atom. The van der Waals surface area contributed by atoms with E-state index in [9.17, 15) is 0 Å². The van der Waals surface area contributed by atoms with Crippen molar-refractivity contribution in [3.63, 3.8) is 0 Å². The largest absolute Gasteiger partial charge is 0.357 e. The van der Waals surface area contributed by atoms with Gasteiger partial charge in [0.25, 0.3) is 0 Å². The van der Waals surface area contributed by atoms with Crippen molar-refractivity contribution in [3.05, 3.63) is 42.0 Å². The number of nitrogens with zero attached hydrogens (tertiary/aromatic N) is 1. The smallest absolute Gasteiger partial charge is 0.183 e. The highest BCUT2D eigenvalue weighted by Crippen LogP contribution is 2.04. The molecule has 0 atom stereocenters. The zero-order valence-corrected chi connectivity index (χ0v) is 9.55. The van der Waals surface area contributed by atoms with Crippen LogP contribution in [0.4, 0.5) is 0 Å². The molecular formula is C11H15N3S. The third-order valence-corrected chi connectivity index (χ3v) is 2.41. The highest BCUT2D eigenvalue weighted by atomic mass is 32.1. The molecule has 4 heteroatoms. The minimum Gasteiger partial charge on any atom is -0.357 e. The molecule has 15 heavy (non-hydrogen) atoms. The second kappa shape index (κ2) is 5.48. The van der Waals surface area contributed by atoms with Gasteiger partial charge >= 0.3 is 0 Å². The van der Waals surface area contributed by atoms with Crippen LogP contribution in [0.2, 0.25) is 0 Å². The molecule has 0 saturated carbocycles. The molecular weight excluding hydrogens is 206 g/mol. The molecule has 0 aliphatic heterocycles. The molecule has 3 N–H and O–H groups in total. The number of rotatable bonds is 3. The minimum atomic E-state index is 0.530. The molecule has 0 heterocycles. The Balaban J connectivity index is 2.51. The minimum absolute atomic E-state index is 0.530. The van der Waals surface area contributed by atoms with E-state index in [-0.39, 0.29) is 0 Å². The second-order valence-electron chi connectivity index (χ2n) is 3.22. The van der Waals surface area contributed by atoms with Gasteiger partial charge in [0.2, 0.25) is 0 Å². The van der Waals surface area contributed by atoms with Crippen molar-refractivity contribution >= 4 is 23.4 Å². The average molecular weight is 221 g/mol. The fourth-order valence-corrected chi connectivity index (χ4v) is 1.15. The lowest BCUT2D eigenvalue weighted by Gasteiger charge is -2.14. The Morgan fingerprint density at radius 2 is 2.13 bits per heavy atom. The number of thiocarbonyl (C=S) groups is 1. The molecule has 0 radical (unpaired) electrons. The van der Waals surface area contributed by atoms with Crippen LogP contribution in [0.25, 0.3) is 6.08 Å². The Bertz CT molecular complexity index is 343. The number of hydrogen-bond donors (Lipinski definition) is 2. The van der Waals surface area contributed by atoms with Gasteiger partial charge in [0, 0.05) is 13.6 Å².